The number of morpholine rings is 1. The number of carboxylic acids is 1. The van der Waals surface area contributed by atoms with Crippen molar-refractivity contribution in [3.05, 3.63) is 80.9 Å². The number of carbonyl (C=O) groups is 2. The van der Waals surface area contributed by atoms with Gasteiger partial charge in [-0.1, -0.05) is 24.3 Å². The molecule has 1 amide bonds. The number of benzene rings is 2. The molecule has 42 heavy (non-hydrogen) atoms. The van der Waals surface area contributed by atoms with Gasteiger partial charge in [0.2, 0.25) is 0 Å². The molecule has 0 radical (unpaired) electrons. The number of hydrogen-bond donors (Lipinski definition) is 2. The van der Waals surface area contributed by atoms with Crippen LogP contribution < -0.4 is 15.8 Å². The molecule has 0 bridgehead atoms. The Morgan fingerprint density at radius 3 is 2.33 bits per heavy atom. The van der Waals surface area contributed by atoms with E-state index in [1.807, 2.05) is 0 Å². The Morgan fingerprint density at radius 1 is 1.14 bits per heavy atom. The summed E-state index contributed by atoms with van der Waals surface area (Å²) in [5.74, 6) is -5.79. The van der Waals surface area contributed by atoms with Crippen molar-refractivity contribution in [3.8, 4) is 11.3 Å². The van der Waals surface area contributed by atoms with Gasteiger partial charge in [-0.05, 0) is 31.5 Å². The van der Waals surface area contributed by atoms with Crippen LogP contribution in [0.15, 0.2) is 41.2 Å². The summed E-state index contributed by atoms with van der Waals surface area (Å²) >= 11 is 0. The molecule has 0 aliphatic carbocycles. The zero-order chi connectivity index (χ0) is 30.9. The van der Waals surface area contributed by atoms with E-state index in [2.05, 4.69) is 10.3 Å². The highest BCUT2D eigenvalue weighted by Gasteiger charge is 2.45. The Kier molecular flexibility index (Phi) is 8.66. The largest absolute Gasteiger partial charge is 0.480 e. The fourth-order valence-electron chi connectivity index (χ4n) is 4.63. The van der Waals surface area contributed by atoms with Crippen LogP contribution in [-0.2, 0) is 23.0 Å². The van der Waals surface area contributed by atoms with Gasteiger partial charge < -0.3 is 24.6 Å². The molecule has 9 nitrogen and oxygen atoms in total. The lowest BCUT2D eigenvalue weighted by Crippen LogP contribution is -2.53. The zero-order valence-electron chi connectivity index (χ0n) is 22.8. The van der Waals surface area contributed by atoms with E-state index in [1.165, 1.54) is 16.7 Å². The van der Waals surface area contributed by atoms with E-state index < -0.39 is 59.6 Å². The van der Waals surface area contributed by atoms with Crippen LogP contribution in [0.2, 0.25) is 0 Å². The van der Waals surface area contributed by atoms with E-state index >= 15 is 0 Å². The third-order valence-corrected chi connectivity index (χ3v) is 7.18. The lowest BCUT2D eigenvalue weighted by Gasteiger charge is -2.38. The molecule has 1 saturated heterocycles. The maximum Gasteiger partial charge on any atom is 0.411 e. The predicted molar refractivity (Wildman–Crippen MR) is 141 cm³/mol. The van der Waals surface area contributed by atoms with Crippen LogP contribution in [0.4, 0.5) is 27.6 Å². The molecule has 0 spiro atoms. The molecule has 224 valence electrons. The van der Waals surface area contributed by atoms with E-state index in [4.69, 9.17) is 4.74 Å². The zero-order valence-corrected chi connectivity index (χ0v) is 22.8. The summed E-state index contributed by atoms with van der Waals surface area (Å²) in [5.41, 5.74) is 0.577. The number of hydrogen-bond acceptors (Lipinski definition) is 6. The first-order chi connectivity index (χ1) is 19.7. The van der Waals surface area contributed by atoms with Gasteiger partial charge >= 0.3 is 12.1 Å². The summed E-state index contributed by atoms with van der Waals surface area (Å²) in [7, 11) is 1.62. The summed E-state index contributed by atoms with van der Waals surface area (Å²) in [5, 5.41) is 11.7. The number of aliphatic carboxylic acids is 1. The fourth-order valence-corrected chi connectivity index (χ4v) is 4.63. The van der Waals surface area contributed by atoms with Crippen molar-refractivity contribution >= 4 is 17.6 Å². The maximum atomic E-state index is 14.9. The normalized spacial score (nSPS) is 16.3. The minimum atomic E-state index is -4.74. The van der Waals surface area contributed by atoms with Crippen LogP contribution in [0.5, 0.6) is 0 Å². The van der Waals surface area contributed by atoms with Gasteiger partial charge in [-0.15, -0.1) is 0 Å². The van der Waals surface area contributed by atoms with Crippen molar-refractivity contribution in [2.45, 2.75) is 38.5 Å². The number of carbonyl (C=O) groups excluding carboxylic acids is 1. The van der Waals surface area contributed by atoms with Crippen molar-refractivity contribution in [2.75, 3.05) is 24.7 Å². The number of anilines is 1. The number of rotatable bonds is 7. The minimum absolute atomic E-state index is 0.100. The smallest absolute Gasteiger partial charge is 0.411 e. The van der Waals surface area contributed by atoms with E-state index in [-0.39, 0.29) is 30.8 Å². The van der Waals surface area contributed by atoms with Crippen molar-refractivity contribution in [1.82, 2.24) is 14.9 Å². The van der Waals surface area contributed by atoms with Crippen molar-refractivity contribution in [2.24, 2.45) is 7.05 Å². The fraction of sp³-hybridized carbons (Fsp3) is 0.357. The lowest BCUT2D eigenvalue weighted by molar-refractivity contribution is -0.167. The average molecular weight is 595 g/mol. The number of alkyl halides is 3. The highest BCUT2D eigenvalue weighted by molar-refractivity contribution is 5.97. The summed E-state index contributed by atoms with van der Waals surface area (Å²) in [6.45, 7) is 2.40. The topological polar surface area (TPSA) is 114 Å². The Bertz CT molecular complexity index is 1550. The van der Waals surface area contributed by atoms with E-state index in [1.54, 1.807) is 33.0 Å². The number of aryl methyl sites for hydroxylation is 1. The number of nitrogens with one attached hydrogen (secondary N) is 1. The quantitative estimate of drug-likeness (QED) is 0.403. The molecule has 2 atom stereocenters. The van der Waals surface area contributed by atoms with Crippen molar-refractivity contribution < 1.29 is 41.4 Å². The summed E-state index contributed by atoms with van der Waals surface area (Å²) in [4.78, 5) is 42.4. The first-order valence-electron chi connectivity index (χ1n) is 12.8. The van der Waals surface area contributed by atoms with Gasteiger partial charge in [-0.3, -0.25) is 9.59 Å². The third kappa shape index (κ3) is 6.27. The molecule has 0 saturated carbocycles. The minimum Gasteiger partial charge on any atom is -0.480 e. The molecular formula is C28H27F5N4O5. The van der Waals surface area contributed by atoms with Gasteiger partial charge in [0, 0.05) is 37.0 Å². The van der Waals surface area contributed by atoms with Gasteiger partial charge in [0.25, 0.3) is 11.5 Å². The Labute approximate surface area is 236 Å². The molecule has 2 heterocycles. The Morgan fingerprint density at radius 2 is 1.76 bits per heavy atom. The first kappa shape index (κ1) is 30.6. The molecule has 14 heteroatoms. The second-order valence-corrected chi connectivity index (χ2v) is 9.87. The van der Waals surface area contributed by atoms with Gasteiger partial charge in [0.1, 0.15) is 35.0 Å². The van der Waals surface area contributed by atoms with E-state index in [0.717, 1.165) is 4.90 Å². The van der Waals surface area contributed by atoms with Gasteiger partial charge in [-0.25, -0.2) is 18.6 Å². The standard InChI is InChI=1S/C28H27F5N4O5/c1-14-15(2)36(3)26(39)24(34-14)17-6-4-16(5-7-17)10-21(27(40)41)35-25(38)23-19(29)11-18(12-20(23)30)37-8-9-42-13-22(37)28(31,32)33/h4-7,11-12,21-22H,8-10,13H2,1-3H3,(H,35,38)(H,40,41)/t21-,22+/m0/s1. The molecule has 4 rings (SSSR count). The first-order valence-corrected chi connectivity index (χ1v) is 12.8. The lowest BCUT2D eigenvalue weighted by atomic mass is 10.0. The molecule has 1 fully saturated rings. The van der Waals surface area contributed by atoms with Gasteiger partial charge in [0.05, 0.1) is 18.9 Å². The molecule has 1 aromatic heterocycles. The second kappa shape index (κ2) is 11.9. The third-order valence-electron chi connectivity index (χ3n) is 7.18. The molecular weight excluding hydrogens is 567 g/mol. The number of ether oxygens (including phenoxy) is 1. The number of amides is 1. The average Bonchev–Trinajstić information content (AvgIpc) is 2.93. The molecule has 3 aromatic rings. The van der Waals surface area contributed by atoms with Gasteiger partial charge in [-0.2, -0.15) is 13.2 Å². The SMILES string of the molecule is Cc1nc(-c2ccc(C[C@H](NC(=O)c3c(F)cc(N4CCOC[C@@H]4C(F)(F)F)cc3F)C(=O)O)cc2)c(=O)n(C)c1C. The highest BCUT2D eigenvalue weighted by Crippen LogP contribution is 2.32. The summed E-state index contributed by atoms with van der Waals surface area (Å²) in [6.07, 6.45) is -5.01. The number of halogens is 5. The monoisotopic (exact) mass is 594 g/mol. The number of nitrogens with zero attached hydrogens (tertiary/aromatic N) is 3. The van der Waals surface area contributed by atoms with Crippen molar-refractivity contribution in [3.63, 3.8) is 0 Å². The van der Waals surface area contributed by atoms with Crippen LogP contribution in [0.3, 0.4) is 0 Å². The highest BCUT2D eigenvalue weighted by atomic mass is 19.4. The number of aromatic nitrogens is 2. The molecule has 1 aliphatic heterocycles. The van der Waals surface area contributed by atoms with Crippen molar-refractivity contribution in [1.29, 1.82) is 0 Å². The van der Waals surface area contributed by atoms with Gasteiger partial charge in [0.15, 0.2) is 0 Å². The molecule has 1 aliphatic rings. The summed E-state index contributed by atoms with van der Waals surface area (Å²) in [6, 6.07) is 3.64. The predicted octanol–water partition coefficient (Wildman–Crippen LogP) is 3.54. The summed E-state index contributed by atoms with van der Waals surface area (Å²) < 4.78 is 76.4. The second-order valence-electron chi connectivity index (χ2n) is 9.87. The van der Waals surface area contributed by atoms with Crippen LogP contribution in [0, 0.1) is 25.5 Å². The molecule has 0 unspecified atom stereocenters. The van der Waals surface area contributed by atoms with Crippen LogP contribution >= 0.6 is 0 Å². The maximum absolute atomic E-state index is 14.9. The molecule has 2 N–H and O–H groups in total. The van der Waals surface area contributed by atoms with Crippen LogP contribution in [0.25, 0.3) is 11.3 Å². The van der Waals surface area contributed by atoms with Crippen LogP contribution in [-0.4, -0.2) is 64.6 Å². The van der Waals surface area contributed by atoms with Crippen LogP contribution in [0.1, 0.15) is 27.3 Å². The Balaban J connectivity index is 1.53. The molecule has 2 aromatic carbocycles. The van der Waals surface area contributed by atoms with E-state index in [9.17, 15) is 41.4 Å². The van der Waals surface area contributed by atoms with E-state index in [0.29, 0.717) is 34.6 Å². The number of carboxylic acid groups (broad SMARTS) is 1. The Hall–Kier alpha value is -4.33.